The van der Waals surface area contributed by atoms with Crippen LogP contribution in [0.15, 0.2) is 23.7 Å². The van der Waals surface area contributed by atoms with Crippen molar-refractivity contribution in [1.29, 1.82) is 0 Å². The first-order valence-electron chi connectivity index (χ1n) is 2.10. The second-order valence-corrected chi connectivity index (χ2v) is 1.43. The molecule has 0 amide bonds. The molecule has 0 fully saturated rings. The summed E-state index contributed by atoms with van der Waals surface area (Å²) in [6.45, 7) is 9.50. The highest BCUT2D eigenvalue weighted by Crippen LogP contribution is 1.83. The van der Waals surface area contributed by atoms with Crippen LogP contribution in [0.5, 0.6) is 0 Å². The lowest BCUT2D eigenvalue weighted by molar-refractivity contribution is 1.16. The Kier molecular flexibility index (Phi) is 2.99. The lowest BCUT2D eigenvalue weighted by Crippen LogP contribution is -1.75. The van der Waals surface area contributed by atoms with Crippen LogP contribution in [-0.2, 0) is 0 Å². The molecule has 38 valence electrons. The number of nitrogens with zero attached hydrogens (tertiary/aromatic N) is 1. The average Bonchev–Trinajstić information content (AvgIpc) is 1.61. The third-order valence-electron chi connectivity index (χ3n) is 0.461. The Morgan fingerprint density at radius 3 is 2.57 bits per heavy atom. The van der Waals surface area contributed by atoms with Crippen molar-refractivity contribution in [3.8, 4) is 0 Å². The van der Waals surface area contributed by atoms with Gasteiger partial charge in [0.15, 0.2) is 0 Å². The van der Waals surface area contributed by atoms with Gasteiger partial charge >= 0.3 is 0 Å². The minimum atomic E-state index is 0.656. The van der Waals surface area contributed by atoms with Gasteiger partial charge in [0.25, 0.3) is 0 Å². The molecule has 0 atom stereocenters. The fourth-order valence-electron chi connectivity index (χ4n) is 0.191. The number of aliphatic imine (C=N–C) groups is 1. The maximum absolute atomic E-state index is 3.71. The summed E-state index contributed by atoms with van der Waals surface area (Å²) in [7, 11) is 0. The molecule has 0 aromatic heterocycles. The fourth-order valence-corrected chi connectivity index (χ4v) is 0.191. The molecule has 1 heteroatoms. The van der Waals surface area contributed by atoms with Gasteiger partial charge in [-0.3, -0.25) is 0 Å². The van der Waals surface area contributed by atoms with Gasteiger partial charge in [-0.1, -0.05) is 12.2 Å². The summed E-state index contributed by atoms with van der Waals surface area (Å²) in [6, 6.07) is 0. The Labute approximate surface area is 44.1 Å². The van der Waals surface area contributed by atoms with E-state index in [1.807, 2.05) is 6.92 Å². The van der Waals surface area contributed by atoms with Crippen molar-refractivity contribution in [1.82, 2.24) is 0 Å². The van der Waals surface area contributed by atoms with Crippen molar-refractivity contribution in [2.45, 2.75) is 6.92 Å². The first-order chi connectivity index (χ1) is 3.27. The minimum Gasteiger partial charge on any atom is -0.239 e. The van der Waals surface area contributed by atoms with Gasteiger partial charge in [0, 0.05) is 0 Å². The van der Waals surface area contributed by atoms with Gasteiger partial charge in [-0.2, -0.15) is 0 Å². The molecule has 0 rings (SSSR count). The summed E-state index contributed by atoms with van der Waals surface area (Å²) >= 11 is 0. The summed E-state index contributed by atoms with van der Waals surface area (Å²) in [4.78, 5) is 3.71. The van der Waals surface area contributed by atoms with Crippen molar-refractivity contribution in [2.24, 2.45) is 4.99 Å². The lowest BCUT2D eigenvalue weighted by atomic mass is 10.4. The third kappa shape index (κ3) is 5.19. The molecular formula is C6H9N. The standard InChI is InChI=1S/C6H9N/c1-4-7-5-6(2)3/h1-2,5H2,3H3. The van der Waals surface area contributed by atoms with Gasteiger partial charge in [-0.15, -0.1) is 0 Å². The summed E-state index contributed by atoms with van der Waals surface area (Å²) in [5, 5.41) is 0. The van der Waals surface area contributed by atoms with Gasteiger partial charge in [-0.25, -0.2) is 4.99 Å². The smallest absolute Gasteiger partial charge is 0.0688 e. The van der Waals surface area contributed by atoms with E-state index in [0.717, 1.165) is 5.57 Å². The molecule has 0 aliphatic heterocycles. The molecule has 0 aliphatic rings. The zero-order valence-electron chi connectivity index (χ0n) is 4.57. The molecule has 0 aromatic carbocycles. The van der Waals surface area contributed by atoms with E-state index in [0.29, 0.717) is 6.54 Å². The Morgan fingerprint density at radius 1 is 1.86 bits per heavy atom. The van der Waals surface area contributed by atoms with Crippen LogP contribution in [0.1, 0.15) is 6.92 Å². The van der Waals surface area contributed by atoms with Crippen LogP contribution in [0, 0.1) is 0 Å². The van der Waals surface area contributed by atoms with Crippen molar-refractivity contribution in [3.05, 3.63) is 18.7 Å². The normalized spacial score (nSPS) is 7.00. The zero-order chi connectivity index (χ0) is 5.70. The van der Waals surface area contributed by atoms with E-state index in [-0.39, 0.29) is 0 Å². The largest absolute Gasteiger partial charge is 0.239 e. The molecule has 0 N–H and O–H groups in total. The first kappa shape index (κ1) is 6.19. The summed E-state index contributed by atoms with van der Waals surface area (Å²) < 4.78 is 0. The van der Waals surface area contributed by atoms with Gasteiger partial charge < -0.3 is 0 Å². The molecule has 0 aromatic rings. The van der Waals surface area contributed by atoms with E-state index in [1.165, 1.54) is 0 Å². The van der Waals surface area contributed by atoms with Gasteiger partial charge in [0.1, 0.15) is 0 Å². The molecular weight excluding hydrogens is 86.1 g/mol. The number of hydrogen-bond acceptors (Lipinski definition) is 1. The maximum Gasteiger partial charge on any atom is 0.0688 e. The zero-order valence-corrected chi connectivity index (χ0v) is 4.57. The molecule has 0 saturated carbocycles. The SMILES string of the molecule is C=C=NCC(=C)C. The highest BCUT2D eigenvalue weighted by atomic mass is 14.7. The predicted octanol–water partition coefficient (Wildman–Crippen LogP) is 1.42. The van der Waals surface area contributed by atoms with Gasteiger partial charge in [0.05, 0.1) is 6.54 Å². The first-order valence-corrected chi connectivity index (χ1v) is 2.10. The summed E-state index contributed by atoms with van der Waals surface area (Å²) in [6.07, 6.45) is 0. The Balaban J connectivity index is 3.32. The van der Waals surface area contributed by atoms with Gasteiger partial charge in [-0.05, 0) is 19.4 Å². The van der Waals surface area contributed by atoms with E-state index >= 15 is 0 Å². The van der Waals surface area contributed by atoms with Crippen molar-refractivity contribution in [3.63, 3.8) is 0 Å². The number of hydrogen-bond donors (Lipinski definition) is 0. The van der Waals surface area contributed by atoms with Crippen LogP contribution in [0.25, 0.3) is 0 Å². The summed E-state index contributed by atoms with van der Waals surface area (Å²) in [5.41, 5.74) is 1.04. The predicted molar refractivity (Wildman–Crippen MR) is 32.7 cm³/mol. The highest BCUT2D eigenvalue weighted by Gasteiger charge is 1.73. The molecule has 0 spiro atoms. The van der Waals surface area contributed by atoms with Crippen LogP contribution in [-0.4, -0.2) is 12.4 Å². The average molecular weight is 95.1 g/mol. The fraction of sp³-hybridized carbons (Fsp3) is 0.333. The molecule has 0 unspecified atom stereocenters. The second kappa shape index (κ2) is 3.38. The summed E-state index contributed by atoms with van der Waals surface area (Å²) in [5.74, 6) is 2.41. The van der Waals surface area contributed by atoms with E-state index in [4.69, 9.17) is 0 Å². The van der Waals surface area contributed by atoms with E-state index < -0.39 is 0 Å². The van der Waals surface area contributed by atoms with Gasteiger partial charge in [0.2, 0.25) is 0 Å². The molecule has 0 aliphatic carbocycles. The van der Waals surface area contributed by atoms with Crippen LogP contribution in [0.2, 0.25) is 0 Å². The van der Waals surface area contributed by atoms with E-state index in [2.05, 4.69) is 24.0 Å². The Bertz CT molecular complexity index is 107. The topological polar surface area (TPSA) is 12.4 Å². The molecule has 7 heavy (non-hydrogen) atoms. The molecule has 0 saturated heterocycles. The van der Waals surface area contributed by atoms with Crippen LogP contribution < -0.4 is 0 Å². The quantitative estimate of drug-likeness (QED) is 0.363. The molecule has 0 bridgehead atoms. The number of rotatable bonds is 2. The molecule has 0 heterocycles. The van der Waals surface area contributed by atoms with Crippen molar-refractivity contribution >= 4 is 5.87 Å². The second-order valence-electron chi connectivity index (χ2n) is 1.43. The Morgan fingerprint density at radius 2 is 2.43 bits per heavy atom. The van der Waals surface area contributed by atoms with Crippen molar-refractivity contribution < 1.29 is 0 Å². The molecule has 1 nitrogen and oxygen atoms in total. The highest BCUT2D eigenvalue weighted by molar-refractivity contribution is 5.46. The van der Waals surface area contributed by atoms with Crippen molar-refractivity contribution in [2.75, 3.05) is 6.54 Å². The van der Waals surface area contributed by atoms with E-state index in [1.54, 1.807) is 0 Å². The Hall–Kier alpha value is -0.810. The maximum atomic E-state index is 3.71. The molecule has 0 radical (unpaired) electrons. The van der Waals surface area contributed by atoms with Crippen LogP contribution in [0.3, 0.4) is 0 Å². The minimum absolute atomic E-state index is 0.656. The monoisotopic (exact) mass is 95.1 g/mol. The third-order valence-corrected chi connectivity index (χ3v) is 0.461. The van der Waals surface area contributed by atoms with Crippen LogP contribution in [0.4, 0.5) is 0 Å². The van der Waals surface area contributed by atoms with E-state index in [9.17, 15) is 0 Å². The van der Waals surface area contributed by atoms with Crippen LogP contribution >= 0.6 is 0 Å². The lowest BCUT2D eigenvalue weighted by Gasteiger charge is -1.82.